The average Bonchev–Trinajstić information content (AvgIpc) is 2.96. The standard InChI is InChI=1S/C16H13ClN2O3S/c1-21-12-7-9(10(17)8-13(12)22-2)15(20)19-16-18-11-5-3-4-6-14(11)23-16/h3-8H,1-2H3,(H,18,19,20). The van der Waals surface area contributed by atoms with Gasteiger partial charge in [0.1, 0.15) is 0 Å². The Hall–Kier alpha value is -2.31. The molecule has 1 amide bonds. The molecule has 0 aliphatic rings. The van der Waals surface area contributed by atoms with E-state index in [-0.39, 0.29) is 10.9 Å². The summed E-state index contributed by atoms with van der Waals surface area (Å²) in [6.07, 6.45) is 0. The fraction of sp³-hybridized carbons (Fsp3) is 0.125. The second-order valence-electron chi connectivity index (χ2n) is 4.63. The number of amides is 1. The second-order valence-corrected chi connectivity index (χ2v) is 6.07. The Balaban J connectivity index is 1.90. The number of rotatable bonds is 4. The Morgan fingerprint density at radius 2 is 1.87 bits per heavy atom. The quantitative estimate of drug-likeness (QED) is 0.766. The van der Waals surface area contributed by atoms with Gasteiger partial charge in [-0.2, -0.15) is 0 Å². The minimum absolute atomic E-state index is 0.279. The van der Waals surface area contributed by atoms with Gasteiger partial charge in [0.2, 0.25) is 0 Å². The normalized spacial score (nSPS) is 10.6. The minimum atomic E-state index is -0.352. The first-order chi connectivity index (χ1) is 11.1. The first-order valence-electron chi connectivity index (χ1n) is 6.71. The van der Waals surface area contributed by atoms with Crippen molar-refractivity contribution in [1.29, 1.82) is 0 Å². The summed E-state index contributed by atoms with van der Waals surface area (Å²) in [7, 11) is 3.01. The monoisotopic (exact) mass is 348 g/mol. The smallest absolute Gasteiger partial charge is 0.259 e. The summed E-state index contributed by atoms with van der Waals surface area (Å²) in [4.78, 5) is 16.8. The van der Waals surface area contributed by atoms with Crippen LogP contribution in [0.3, 0.4) is 0 Å². The highest BCUT2D eigenvalue weighted by molar-refractivity contribution is 7.22. The highest BCUT2D eigenvalue weighted by atomic mass is 35.5. The Kier molecular flexibility index (Phi) is 4.36. The van der Waals surface area contributed by atoms with Crippen LogP contribution in [0, 0.1) is 0 Å². The summed E-state index contributed by atoms with van der Waals surface area (Å²) >= 11 is 7.57. The van der Waals surface area contributed by atoms with Gasteiger partial charge in [0, 0.05) is 6.07 Å². The molecule has 1 N–H and O–H groups in total. The van der Waals surface area contributed by atoms with Crippen LogP contribution >= 0.6 is 22.9 Å². The molecule has 0 aliphatic carbocycles. The maximum absolute atomic E-state index is 12.5. The van der Waals surface area contributed by atoms with Crippen LogP contribution in [0.5, 0.6) is 11.5 Å². The number of methoxy groups -OCH3 is 2. The first kappa shape index (κ1) is 15.6. The number of nitrogens with zero attached hydrogens (tertiary/aromatic N) is 1. The van der Waals surface area contributed by atoms with Crippen molar-refractivity contribution < 1.29 is 14.3 Å². The number of hydrogen-bond acceptors (Lipinski definition) is 5. The molecule has 7 heteroatoms. The molecule has 5 nitrogen and oxygen atoms in total. The van der Waals surface area contributed by atoms with Crippen LogP contribution < -0.4 is 14.8 Å². The SMILES string of the molecule is COc1cc(Cl)c(C(=O)Nc2nc3ccccc3s2)cc1OC. The van der Waals surface area contributed by atoms with Gasteiger partial charge >= 0.3 is 0 Å². The summed E-state index contributed by atoms with van der Waals surface area (Å²) in [5, 5.41) is 3.56. The fourth-order valence-electron chi connectivity index (χ4n) is 2.12. The molecule has 0 radical (unpaired) electrons. The van der Waals surface area contributed by atoms with E-state index in [2.05, 4.69) is 10.3 Å². The molecule has 118 valence electrons. The van der Waals surface area contributed by atoms with E-state index in [0.717, 1.165) is 10.2 Å². The van der Waals surface area contributed by atoms with Gasteiger partial charge in [0.25, 0.3) is 5.91 Å². The average molecular weight is 349 g/mol. The molecule has 0 fully saturated rings. The predicted octanol–water partition coefficient (Wildman–Crippen LogP) is 4.22. The van der Waals surface area contributed by atoms with E-state index in [1.165, 1.54) is 25.6 Å². The van der Waals surface area contributed by atoms with Crippen LogP contribution in [0.2, 0.25) is 5.02 Å². The van der Waals surface area contributed by atoms with E-state index >= 15 is 0 Å². The van der Waals surface area contributed by atoms with Crippen molar-refractivity contribution in [2.24, 2.45) is 0 Å². The van der Waals surface area contributed by atoms with Crippen LogP contribution in [0.4, 0.5) is 5.13 Å². The van der Waals surface area contributed by atoms with Crippen molar-refractivity contribution in [3.8, 4) is 11.5 Å². The largest absolute Gasteiger partial charge is 0.493 e. The highest BCUT2D eigenvalue weighted by Gasteiger charge is 2.17. The third-order valence-corrected chi connectivity index (χ3v) is 4.50. The first-order valence-corrected chi connectivity index (χ1v) is 7.90. The van der Waals surface area contributed by atoms with Crippen LogP contribution in [-0.4, -0.2) is 25.1 Å². The van der Waals surface area contributed by atoms with Crippen molar-refractivity contribution >= 4 is 44.2 Å². The molecule has 3 rings (SSSR count). The van der Waals surface area contributed by atoms with E-state index in [0.29, 0.717) is 22.2 Å². The fourth-order valence-corrected chi connectivity index (χ4v) is 3.22. The van der Waals surface area contributed by atoms with E-state index in [1.54, 1.807) is 12.1 Å². The van der Waals surface area contributed by atoms with Gasteiger partial charge in [-0.15, -0.1) is 0 Å². The number of anilines is 1. The van der Waals surface area contributed by atoms with Crippen LogP contribution in [0.15, 0.2) is 36.4 Å². The Morgan fingerprint density at radius 1 is 1.17 bits per heavy atom. The summed E-state index contributed by atoms with van der Waals surface area (Å²) in [6, 6.07) is 10.8. The molecular weight excluding hydrogens is 336 g/mol. The molecule has 1 heterocycles. The Labute approximate surface area is 141 Å². The maximum Gasteiger partial charge on any atom is 0.259 e. The maximum atomic E-state index is 12.5. The summed E-state index contributed by atoms with van der Waals surface area (Å²) in [5.74, 6) is 0.551. The Bertz CT molecular complexity index is 846. The molecule has 0 atom stereocenters. The molecule has 0 bridgehead atoms. The number of fused-ring (bicyclic) bond motifs is 1. The highest BCUT2D eigenvalue weighted by Crippen LogP contribution is 2.34. The molecule has 0 aliphatic heterocycles. The number of carbonyl (C=O) groups excluding carboxylic acids is 1. The van der Waals surface area contributed by atoms with Crippen LogP contribution in [-0.2, 0) is 0 Å². The van der Waals surface area contributed by atoms with E-state index in [1.807, 2.05) is 24.3 Å². The number of benzene rings is 2. The van der Waals surface area contributed by atoms with Crippen molar-refractivity contribution in [3.05, 3.63) is 47.0 Å². The van der Waals surface area contributed by atoms with Crippen molar-refractivity contribution in [2.45, 2.75) is 0 Å². The zero-order valence-corrected chi connectivity index (χ0v) is 14.0. The summed E-state index contributed by atoms with van der Waals surface area (Å²) < 4.78 is 11.4. The number of halogens is 1. The molecule has 1 aromatic heterocycles. The van der Waals surface area contributed by atoms with Gasteiger partial charge in [0.05, 0.1) is 35.0 Å². The lowest BCUT2D eigenvalue weighted by atomic mass is 10.2. The Morgan fingerprint density at radius 3 is 2.57 bits per heavy atom. The van der Waals surface area contributed by atoms with Crippen LogP contribution in [0.1, 0.15) is 10.4 Å². The third kappa shape index (κ3) is 3.09. The van der Waals surface area contributed by atoms with E-state index < -0.39 is 0 Å². The summed E-state index contributed by atoms with van der Waals surface area (Å²) in [6.45, 7) is 0. The number of ether oxygens (including phenoxy) is 2. The lowest BCUT2D eigenvalue weighted by Crippen LogP contribution is -2.12. The summed E-state index contributed by atoms with van der Waals surface area (Å²) in [5.41, 5.74) is 1.13. The molecular formula is C16H13ClN2O3S. The van der Waals surface area contributed by atoms with E-state index in [4.69, 9.17) is 21.1 Å². The van der Waals surface area contributed by atoms with Gasteiger partial charge in [-0.05, 0) is 18.2 Å². The minimum Gasteiger partial charge on any atom is -0.493 e. The number of nitrogens with one attached hydrogen (secondary N) is 1. The molecule has 2 aromatic carbocycles. The number of para-hydroxylation sites is 1. The lowest BCUT2D eigenvalue weighted by Gasteiger charge is -2.11. The second kappa shape index (κ2) is 6.44. The molecule has 0 spiro atoms. The topological polar surface area (TPSA) is 60.5 Å². The number of hydrogen-bond donors (Lipinski definition) is 1. The molecule has 0 unspecified atom stereocenters. The van der Waals surface area contributed by atoms with Crippen LogP contribution in [0.25, 0.3) is 10.2 Å². The number of aromatic nitrogens is 1. The van der Waals surface area contributed by atoms with Gasteiger partial charge in [-0.25, -0.2) is 4.98 Å². The zero-order valence-electron chi connectivity index (χ0n) is 12.4. The molecule has 0 saturated heterocycles. The number of thiazole rings is 1. The van der Waals surface area contributed by atoms with Crippen molar-refractivity contribution in [3.63, 3.8) is 0 Å². The van der Waals surface area contributed by atoms with Crippen molar-refractivity contribution in [1.82, 2.24) is 4.98 Å². The van der Waals surface area contributed by atoms with Gasteiger partial charge in [0.15, 0.2) is 16.6 Å². The van der Waals surface area contributed by atoms with E-state index in [9.17, 15) is 4.79 Å². The molecule has 0 saturated carbocycles. The number of carbonyl (C=O) groups is 1. The zero-order chi connectivity index (χ0) is 16.4. The lowest BCUT2D eigenvalue weighted by molar-refractivity contribution is 0.102. The van der Waals surface area contributed by atoms with Gasteiger partial charge in [-0.3, -0.25) is 10.1 Å². The molecule has 23 heavy (non-hydrogen) atoms. The van der Waals surface area contributed by atoms with Crippen molar-refractivity contribution in [2.75, 3.05) is 19.5 Å². The molecule has 3 aromatic rings. The third-order valence-electron chi connectivity index (χ3n) is 3.23. The van der Waals surface area contributed by atoms with Gasteiger partial charge in [-0.1, -0.05) is 35.1 Å². The van der Waals surface area contributed by atoms with Gasteiger partial charge < -0.3 is 9.47 Å². The predicted molar refractivity (Wildman–Crippen MR) is 92.1 cm³/mol.